The van der Waals surface area contributed by atoms with Gasteiger partial charge in [0.05, 0.1) is 18.2 Å². The number of hydrogen-bond acceptors (Lipinski definition) is 10. The lowest BCUT2D eigenvalue weighted by Crippen LogP contribution is -2.29. The van der Waals surface area contributed by atoms with E-state index in [-0.39, 0.29) is 16.5 Å². The van der Waals surface area contributed by atoms with Crippen molar-refractivity contribution in [1.82, 2.24) is 15.2 Å². The van der Waals surface area contributed by atoms with Crippen LogP contribution in [0.5, 0.6) is 11.5 Å². The van der Waals surface area contributed by atoms with Gasteiger partial charge in [0, 0.05) is 28.7 Å². The van der Waals surface area contributed by atoms with Gasteiger partial charge in [0.15, 0.2) is 15.8 Å². The average molecular weight is 671 g/mol. The molecule has 0 bridgehead atoms. The number of pyridine rings is 1. The fourth-order valence-corrected chi connectivity index (χ4v) is 6.86. The first-order chi connectivity index (χ1) is 22.4. The van der Waals surface area contributed by atoms with E-state index in [2.05, 4.69) is 15.2 Å². The Hall–Kier alpha value is -4.71. The summed E-state index contributed by atoms with van der Waals surface area (Å²) < 4.78 is 12.7. The van der Waals surface area contributed by atoms with Crippen LogP contribution in [0.3, 0.4) is 0 Å². The average Bonchev–Trinajstić information content (AvgIpc) is 3.66. The van der Waals surface area contributed by atoms with Crippen LogP contribution in [0.15, 0.2) is 107 Å². The first-order valence-electron chi connectivity index (χ1n) is 14.3. The molecule has 0 spiro atoms. The SMILES string of the molecule is CCOc1cc(C2/C(=C(\O)c3ccncc3)C(=O)C(=O)N2c2nnc(SCc3ccc(Cl)cc3)s2)ccc1OCc1ccccc1. The fraction of sp³-hybridized carbons (Fsp3) is 0.147. The molecule has 6 rings (SSSR count). The highest BCUT2D eigenvalue weighted by molar-refractivity contribution is 8.00. The normalized spacial score (nSPS) is 15.7. The lowest BCUT2D eigenvalue weighted by atomic mass is 9.95. The molecular formula is C34H27ClN4O5S2. The van der Waals surface area contributed by atoms with E-state index in [9.17, 15) is 14.7 Å². The van der Waals surface area contributed by atoms with Crippen LogP contribution in [0.25, 0.3) is 5.76 Å². The van der Waals surface area contributed by atoms with Crippen molar-refractivity contribution in [3.63, 3.8) is 0 Å². The van der Waals surface area contributed by atoms with E-state index in [4.69, 9.17) is 21.1 Å². The molecule has 232 valence electrons. The van der Waals surface area contributed by atoms with Crippen LogP contribution < -0.4 is 14.4 Å². The molecule has 1 aliphatic rings. The third kappa shape index (κ3) is 6.76. The van der Waals surface area contributed by atoms with Gasteiger partial charge >= 0.3 is 5.91 Å². The van der Waals surface area contributed by atoms with E-state index in [0.29, 0.717) is 51.0 Å². The van der Waals surface area contributed by atoms with Crippen LogP contribution in [0.1, 0.15) is 35.2 Å². The fourth-order valence-electron chi connectivity index (χ4n) is 4.91. The molecule has 0 radical (unpaired) electrons. The standard InChI is InChI=1S/C34H27ClN4O5S2/c1-2-43-27-18-24(10-13-26(27)44-19-21-6-4-3-5-7-21)29-28(30(40)23-14-16-36-17-15-23)31(41)32(42)39(29)33-37-38-34(46-33)45-20-22-8-11-25(35)12-9-22/h3-18,29,40H,2,19-20H2,1H3/b30-28+. The zero-order chi connectivity index (χ0) is 32.0. The summed E-state index contributed by atoms with van der Waals surface area (Å²) in [7, 11) is 0. The summed E-state index contributed by atoms with van der Waals surface area (Å²) >= 11 is 8.65. The third-order valence-corrected chi connectivity index (χ3v) is 9.48. The number of hydrogen-bond donors (Lipinski definition) is 1. The Morgan fingerprint density at radius 2 is 1.70 bits per heavy atom. The predicted molar refractivity (Wildman–Crippen MR) is 178 cm³/mol. The summed E-state index contributed by atoms with van der Waals surface area (Å²) in [5.74, 6) is -0.449. The number of benzene rings is 3. The number of anilines is 1. The summed E-state index contributed by atoms with van der Waals surface area (Å²) in [6.45, 7) is 2.53. The minimum Gasteiger partial charge on any atom is -0.507 e. The Labute approximate surface area is 278 Å². The van der Waals surface area contributed by atoms with E-state index in [1.54, 1.807) is 30.3 Å². The lowest BCUT2D eigenvalue weighted by Gasteiger charge is -2.23. The van der Waals surface area contributed by atoms with Crippen molar-refractivity contribution in [2.24, 2.45) is 0 Å². The van der Waals surface area contributed by atoms with Crippen molar-refractivity contribution in [3.8, 4) is 11.5 Å². The van der Waals surface area contributed by atoms with Gasteiger partial charge in [-0.1, -0.05) is 83.2 Å². The highest BCUT2D eigenvalue weighted by Gasteiger charge is 2.48. The maximum absolute atomic E-state index is 13.7. The van der Waals surface area contributed by atoms with Crippen LogP contribution in [0, 0.1) is 0 Å². The minimum absolute atomic E-state index is 0.0813. The highest BCUT2D eigenvalue weighted by atomic mass is 35.5. The number of thioether (sulfide) groups is 1. The number of carbonyl (C=O) groups is 2. The summed E-state index contributed by atoms with van der Waals surface area (Å²) in [5, 5.41) is 20.9. The Kier molecular flexibility index (Phi) is 9.62. The van der Waals surface area contributed by atoms with Gasteiger partial charge in [0.1, 0.15) is 12.4 Å². The van der Waals surface area contributed by atoms with Gasteiger partial charge in [-0.2, -0.15) is 0 Å². The van der Waals surface area contributed by atoms with E-state index < -0.39 is 17.7 Å². The maximum atomic E-state index is 13.7. The van der Waals surface area contributed by atoms with E-state index in [1.807, 2.05) is 61.5 Å². The molecule has 1 amide bonds. The van der Waals surface area contributed by atoms with Crippen molar-refractivity contribution in [2.45, 2.75) is 29.7 Å². The predicted octanol–water partition coefficient (Wildman–Crippen LogP) is 7.48. The smallest absolute Gasteiger partial charge is 0.301 e. The van der Waals surface area contributed by atoms with Crippen molar-refractivity contribution >= 4 is 57.3 Å². The molecule has 1 aliphatic heterocycles. The number of aliphatic hydroxyl groups excluding tert-OH is 1. The number of Topliss-reactive ketones (excluding diaryl/α,β-unsaturated/α-hetero) is 1. The monoisotopic (exact) mass is 670 g/mol. The summed E-state index contributed by atoms with van der Waals surface area (Å²) in [6, 6.07) is 24.6. The van der Waals surface area contributed by atoms with Crippen molar-refractivity contribution in [1.29, 1.82) is 0 Å². The van der Waals surface area contributed by atoms with Gasteiger partial charge in [0.2, 0.25) is 5.13 Å². The Morgan fingerprint density at radius 1 is 0.935 bits per heavy atom. The number of amides is 1. The first kappa shape index (κ1) is 31.3. The molecule has 12 heteroatoms. The third-order valence-electron chi connectivity index (χ3n) is 7.10. The molecule has 1 N–H and O–H groups in total. The van der Waals surface area contributed by atoms with Gasteiger partial charge in [-0.3, -0.25) is 19.5 Å². The van der Waals surface area contributed by atoms with E-state index in [0.717, 1.165) is 11.1 Å². The summed E-state index contributed by atoms with van der Waals surface area (Å²) in [4.78, 5) is 32.6. The molecular weight excluding hydrogens is 644 g/mol. The Bertz CT molecular complexity index is 1890. The van der Waals surface area contributed by atoms with E-state index >= 15 is 0 Å². The second-order valence-electron chi connectivity index (χ2n) is 10.1. The van der Waals surface area contributed by atoms with E-state index in [1.165, 1.54) is 40.4 Å². The van der Waals surface area contributed by atoms with Crippen molar-refractivity contribution in [3.05, 3.63) is 130 Å². The molecule has 1 saturated heterocycles. The zero-order valence-electron chi connectivity index (χ0n) is 24.5. The van der Waals surface area contributed by atoms with Crippen LogP contribution in [-0.2, 0) is 21.9 Å². The summed E-state index contributed by atoms with van der Waals surface area (Å²) in [5.41, 5.74) is 2.82. The number of carbonyl (C=O) groups excluding carboxylic acids is 2. The molecule has 3 aromatic carbocycles. The zero-order valence-corrected chi connectivity index (χ0v) is 26.9. The summed E-state index contributed by atoms with van der Waals surface area (Å²) in [6.07, 6.45) is 3.00. The van der Waals surface area contributed by atoms with Crippen LogP contribution >= 0.6 is 34.7 Å². The van der Waals surface area contributed by atoms with Gasteiger partial charge < -0.3 is 14.6 Å². The highest BCUT2D eigenvalue weighted by Crippen LogP contribution is 2.45. The first-order valence-corrected chi connectivity index (χ1v) is 16.5. The molecule has 3 heterocycles. The van der Waals surface area contributed by atoms with Crippen LogP contribution in [0.2, 0.25) is 5.02 Å². The van der Waals surface area contributed by atoms with Crippen LogP contribution in [0.4, 0.5) is 5.13 Å². The quantitative estimate of drug-likeness (QED) is 0.0502. The molecule has 5 aromatic rings. The molecule has 46 heavy (non-hydrogen) atoms. The maximum Gasteiger partial charge on any atom is 0.301 e. The van der Waals surface area contributed by atoms with Gasteiger partial charge in [-0.25, -0.2) is 0 Å². The number of nitrogens with zero attached hydrogens (tertiary/aromatic N) is 4. The number of aliphatic hydroxyl groups is 1. The lowest BCUT2D eigenvalue weighted by molar-refractivity contribution is -0.132. The topological polar surface area (TPSA) is 115 Å². The van der Waals surface area contributed by atoms with Crippen molar-refractivity contribution < 1.29 is 24.2 Å². The van der Waals surface area contributed by atoms with Gasteiger partial charge in [-0.05, 0) is 60.0 Å². The Balaban J connectivity index is 1.38. The number of ketones is 1. The van der Waals surface area contributed by atoms with Gasteiger partial charge in [-0.15, -0.1) is 10.2 Å². The molecule has 1 fully saturated rings. The second kappa shape index (κ2) is 14.2. The largest absolute Gasteiger partial charge is 0.507 e. The number of halogens is 1. The van der Waals surface area contributed by atoms with Crippen molar-refractivity contribution in [2.75, 3.05) is 11.5 Å². The molecule has 1 unspecified atom stereocenters. The number of rotatable bonds is 11. The molecule has 0 saturated carbocycles. The molecule has 1 atom stereocenters. The molecule has 9 nitrogen and oxygen atoms in total. The van der Waals surface area contributed by atoms with Crippen LogP contribution in [-0.4, -0.2) is 38.6 Å². The Morgan fingerprint density at radius 3 is 2.43 bits per heavy atom. The molecule has 0 aliphatic carbocycles. The second-order valence-corrected chi connectivity index (χ2v) is 12.7. The number of aromatic nitrogens is 3. The minimum atomic E-state index is -1.02. The molecule has 2 aromatic heterocycles. The number of ether oxygens (including phenoxy) is 2. The van der Waals surface area contributed by atoms with Gasteiger partial charge in [0.25, 0.3) is 5.78 Å².